The van der Waals surface area contributed by atoms with E-state index in [0.29, 0.717) is 27.8 Å². The lowest BCUT2D eigenvalue weighted by Crippen LogP contribution is -2.46. The molecule has 2 amide bonds. The van der Waals surface area contributed by atoms with Crippen molar-refractivity contribution in [1.82, 2.24) is 10.2 Å². The maximum atomic E-state index is 12.9. The van der Waals surface area contributed by atoms with Crippen molar-refractivity contribution in [2.24, 2.45) is 0 Å². The highest BCUT2D eigenvalue weighted by Gasteiger charge is 2.26. The molecular weight excluding hydrogens is 415 g/mol. The van der Waals surface area contributed by atoms with Gasteiger partial charge in [0.1, 0.15) is 6.04 Å². The minimum absolute atomic E-state index is 0.104. The molecule has 0 radical (unpaired) electrons. The molecule has 2 aromatic rings. The van der Waals surface area contributed by atoms with E-state index in [0.717, 1.165) is 5.75 Å². The van der Waals surface area contributed by atoms with Crippen LogP contribution < -0.4 is 5.32 Å². The van der Waals surface area contributed by atoms with Crippen LogP contribution in [0.5, 0.6) is 0 Å². The lowest BCUT2D eigenvalue weighted by Gasteiger charge is -2.29. The molecule has 0 heterocycles. The summed E-state index contributed by atoms with van der Waals surface area (Å²) < 4.78 is 0. The number of hydrogen-bond donors (Lipinski definition) is 1. The molecule has 0 bridgehead atoms. The second-order valence-corrected chi connectivity index (χ2v) is 8.22. The Morgan fingerprint density at radius 1 is 1.07 bits per heavy atom. The molecule has 4 nitrogen and oxygen atoms in total. The van der Waals surface area contributed by atoms with Gasteiger partial charge in [-0.25, -0.2) is 0 Å². The number of benzene rings is 2. The van der Waals surface area contributed by atoms with Gasteiger partial charge < -0.3 is 10.2 Å². The summed E-state index contributed by atoms with van der Waals surface area (Å²) in [5, 5.41) is 3.56. The number of carbonyl (C=O) groups is 2. The largest absolute Gasteiger partial charge is 0.357 e. The molecule has 0 aliphatic heterocycles. The van der Waals surface area contributed by atoms with Crippen molar-refractivity contribution < 1.29 is 9.59 Å². The molecule has 0 aliphatic rings. The molecule has 0 aliphatic carbocycles. The maximum Gasteiger partial charge on any atom is 0.242 e. The highest BCUT2D eigenvalue weighted by atomic mass is 35.5. The third-order valence-corrected chi connectivity index (χ3v) is 6.11. The van der Waals surface area contributed by atoms with E-state index in [4.69, 9.17) is 23.2 Å². The van der Waals surface area contributed by atoms with Crippen molar-refractivity contribution in [3.05, 3.63) is 69.7 Å². The first-order valence-electron chi connectivity index (χ1n) is 8.99. The first-order chi connectivity index (χ1) is 13.4. The molecule has 7 heteroatoms. The minimum atomic E-state index is -0.621. The predicted octanol–water partition coefficient (Wildman–Crippen LogP) is 4.78. The molecule has 28 heavy (non-hydrogen) atoms. The maximum absolute atomic E-state index is 12.9. The van der Waals surface area contributed by atoms with Crippen molar-refractivity contribution in [2.75, 3.05) is 12.8 Å². The number of nitrogens with one attached hydrogen (secondary N) is 1. The molecule has 0 aromatic heterocycles. The standard InChI is InChI=1S/C21H24Cl2N2O2S/c1-15(21(27)24-2)25(13-17-18(22)9-6-10-19(17)23)20(26)11-12-28-14-16-7-4-3-5-8-16/h3-10,15H,11-14H2,1-2H3,(H,24,27)/t15-/m0/s1. The predicted molar refractivity (Wildman–Crippen MR) is 118 cm³/mol. The fourth-order valence-corrected chi connectivity index (χ4v) is 4.12. The number of halogens is 2. The van der Waals surface area contributed by atoms with Crippen LogP contribution in [0.1, 0.15) is 24.5 Å². The summed E-state index contributed by atoms with van der Waals surface area (Å²) in [6.45, 7) is 1.90. The molecule has 0 unspecified atom stereocenters. The highest BCUT2D eigenvalue weighted by Crippen LogP contribution is 2.27. The van der Waals surface area contributed by atoms with Crippen LogP contribution in [0.15, 0.2) is 48.5 Å². The zero-order valence-corrected chi connectivity index (χ0v) is 18.3. The molecule has 2 rings (SSSR count). The Kier molecular flexibility index (Phi) is 9.16. The van der Waals surface area contributed by atoms with Crippen molar-refractivity contribution in [3.8, 4) is 0 Å². The van der Waals surface area contributed by atoms with Gasteiger partial charge in [-0.3, -0.25) is 9.59 Å². The summed E-state index contributed by atoms with van der Waals surface area (Å²) >= 11 is 14.2. The molecule has 0 saturated carbocycles. The Morgan fingerprint density at radius 3 is 2.32 bits per heavy atom. The van der Waals surface area contributed by atoms with Crippen molar-refractivity contribution in [2.45, 2.75) is 31.7 Å². The average molecular weight is 439 g/mol. The Labute approximate surface area is 180 Å². The molecule has 150 valence electrons. The second kappa shape index (κ2) is 11.3. The van der Waals surface area contributed by atoms with E-state index in [9.17, 15) is 9.59 Å². The van der Waals surface area contributed by atoms with E-state index in [1.807, 2.05) is 18.2 Å². The fraction of sp³-hybridized carbons (Fsp3) is 0.333. The first-order valence-corrected chi connectivity index (χ1v) is 10.9. The summed E-state index contributed by atoms with van der Waals surface area (Å²) in [6.07, 6.45) is 0.334. The molecule has 2 aromatic carbocycles. The van der Waals surface area contributed by atoms with E-state index >= 15 is 0 Å². The Hall–Kier alpha value is -1.69. The quantitative estimate of drug-likeness (QED) is 0.572. The summed E-state index contributed by atoms with van der Waals surface area (Å²) in [6, 6.07) is 14.7. The van der Waals surface area contributed by atoms with Gasteiger partial charge in [0.05, 0.1) is 0 Å². The SMILES string of the molecule is CNC(=O)[C@H](C)N(Cc1c(Cl)cccc1Cl)C(=O)CCSCc1ccccc1. The second-order valence-electron chi connectivity index (χ2n) is 6.30. The molecular formula is C21H24Cl2N2O2S. The fourth-order valence-electron chi connectivity index (χ4n) is 2.71. The van der Waals surface area contributed by atoms with Crippen LogP contribution in [0.25, 0.3) is 0 Å². The third kappa shape index (κ3) is 6.43. The van der Waals surface area contributed by atoms with Crippen LogP contribution in [-0.2, 0) is 21.9 Å². The molecule has 1 N–H and O–H groups in total. The van der Waals surface area contributed by atoms with Crippen molar-refractivity contribution in [3.63, 3.8) is 0 Å². The topological polar surface area (TPSA) is 49.4 Å². The van der Waals surface area contributed by atoms with E-state index in [-0.39, 0.29) is 18.4 Å². The number of thioether (sulfide) groups is 1. The van der Waals surface area contributed by atoms with Gasteiger partial charge >= 0.3 is 0 Å². The van der Waals surface area contributed by atoms with E-state index < -0.39 is 6.04 Å². The highest BCUT2D eigenvalue weighted by molar-refractivity contribution is 7.98. The molecule has 0 saturated heterocycles. The van der Waals surface area contributed by atoms with Crippen LogP contribution in [0.2, 0.25) is 10.0 Å². The van der Waals surface area contributed by atoms with Gasteiger partial charge in [0.25, 0.3) is 0 Å². The number of nitrogens with zero attached hydrogens (tertiary/aromatic N) is 1. The van der Waals surface area contributed by atoms with Crippen LogP contribution in [-0.4, -0.2) is 35.6 Å². The van der Waals surface area contributed by atoms with Gasteiger partial charge in [0.15, 0.2) is 0 Å². The lowest BCUT2D eigenvalue weighted by atomic mass is 10.1. The van der Waals surface area contributed by atoms with Crippen molar-refractivity contribution >= 4 is 46.8 Å². The van der Waals surface area contributed by atoms with Gasteiger partial charge in [-0.2, -0.15) is 11.8 Å². The summed E-state index contributed by atoms with van der Waals surface area (Å²) in [7, 11) is 1.56. The van der Waals surface area contributed by atoms with Crippen molar-refractivity contribution in [1.29, 1.82) is 0 Å². The molecule has 1 atom stereocenters. The summed E-state index contributed by atoms with van der Waals surface area (Å²) in [4.78, 5) is 26.6. The Balaban J connectivity index is 2.03. The van der Waals surface area contributed by atoms with Gasteiger partial charge in [-0.15, -0.1) is 0 Å². The monoisotopic (exact) mass is 438 g/mol. The smallest absolute Gasteiger partial charge is 0.242 e. The van der Waals surface area contributed by atoms with Gasteiger partial charge in [-0.05, 0) is 24.6 Å². The van der Waals surface area contributed by atoms with E-state index in [2.05, 4.69) is 17.4 Å². The van der Waals surface area contributed by atoms with Gasteiger partial charge in [0.2, 0.25) is 11.8 Å². The first kappa shape index (κ1) is 22.6. The number of amides is 2. The Morgan fingerprint density at radius 2 is 1.71 bits per heavy atom. The lowest BCUT2D eigenvalue weighted by molar-refractivity contribution is -0.140. The van der Waals surface area contributed by atoms with Crippen LogP contribution in [0, 0.1) is 0 Å². The molecule has 0 spiro atoms. The van der Waals surface area contributed by atoms with Crippen LogP contribution >= 0.6 is 35.0 Å². The number of rotatable bonds is 9. The van der Waals surface area contributed by atoms with E-state index in [1.165, 1.54) is 10.5 Å². The molecule has 0 fully saturated rings. The zero-order chi connectivity index (χ0) is 20.5. The normalized spacial score (nSPS) is 11.7. The minimum Gasteiger partial charge on any atom is -0.357 e. The van der Waals surface area contributed by atoms with Gasteiger partial charge in [0, 0.05) is 47.1 Å². The number of carbonyl (C=O) groups excluding carboxylic acids is 2. The Bertz CT molecular complexity index is 782. The third-order valence-electron chi connectivity index (χ3n) is 4.38. The zero-order valence-electron chi connectivity index (χ0n) is 16.0. The van der Waals surface area contributed by atoms with Crippen LogP contribution in [0.3, 0.4) is 0 Å². The van der Waals surface area contributed by atoms with Crippen LogP contribution in [0.4, 0.5) is 0 Å². The summed E-state index contributed by atoms with van der Waals surface area (Å²) in [5.41, 5.74) is 1.87. The average Bonchev–Trinajstić information content (AvgIpc) is 2.70. The van der Waals surface area contributed by atoms with Gasteiger partial charge in [-0.1, -0.05) is 59.6 Å². The number of likely N-dealkylation sites (N-methyl/N-ethyl adjacent to an activating group) is 1. The van der Waals surface area contributed by atoms with E-state index in [1.54, 1.807) is 43.9 Å². The summed E-state index contributed by atoms with van der Waals surface area (Å²) in [5.74, 6) is 1.18. The number of hydrogen-bond acceptors (Lipinski definition) is 3.